The number of hydrogen-bond donors (Lipinski definition) is 1. The topological polar surface area (TPSA) is 78.8 Å². The van der Waals surface area contributed by atoms with E-state index in [9.17, 15) is 4.39 Å². The summed E-state index contributed by atoms with van der Waals surface area (Å²) in [6, 6.07) is 4.11. The van der Waals surface area contributed by atoms with Crippen LogP contribution in [0, 0.1) is 5.82 Å². The molecule has 0 atom stereocenters. The van der Waals surface area contributed by atoms with E-state index in [1.165, 1.54) is 18.2 Å². The maximum absolute atomic E-state index is 13.2. The second-order valence-electron chi connectivity index (χ2n) is 3.65. The summed E-state index contributed by atoms with van der Waals surface area (Å²) >= 11 is 0. The minimum Gasteiger partial charge on any atom is -0.398 e. The highest BCUT2D eigenvalue weighted by Gasteiger charge is 2.12. The van der Waals surface area contributed by atoms with Crippen LogP contribution in [0.5, 0.6) is 0 Å². The number of ether oxygens (including phenoxy) is 1. The lowest BCUT2D eigenvalue weighted by atomic mass is 10.1. The number of rotatable bonds is 5. The van der Waals surface area contributed by atoms with Gasteiger partial charge in [-0.25, -0.2) is 9.07 Å². The number of aromatic nitrogens is 4. The number of benzene rings is 1. The van der Waals surface area contributed by atoms with Crippen molar-refractivity contribution >= 4 is 5.69 Å². The first kappa shape index (κ1) is 12.4. The second-order valence-corrected chi connectivity index (χ2v) is 3.65. The van der Waals surface area contributed by atoms with Gasteiger partial charge in [0.1, 0.15) is 5.82 Å². The lowest BCUT2D eigenvalue weighted by Gasteiger charge is -2.07. The third-order valence-electron chi connectivity index (χ3n) is 2.44. The van der Waals surface area contributed by atoms with Crippen molar-refractivity contribution in [3.8, 4) is 11.4 Å². The summed E-state index contributed by atoms with van der Waals surface area (Å²) in [6.45, 7) is 3.51. The smallest absolute Gasteiger partial charge is 0.184 e. The summed E-state index contributed by atoms with van der Waals surface area (Å²) in [5.74, 6) is 0.0604. The van der Waals surface area contributed by atoms with Crippen molar-refractivity contribution in [3.63, 3.8) is 0 Å². The quantitative estimate of drug-likeness (QED) is 0.636. The molecule has 1 heterocycles. The summed E-state index contributed by atoms with van der Waals surface area (Å²) in [7, 11) is 0. The van der Waals surface area contributed by atoms with E-state index in [4.69, 9.17) is 10.5 Å². The monoisotopic (exact) mass is 251 g/mol. The van der Waals surface area contributed by atoms with Crippen molar-refractivity contribution in [3.05, 3.63) is 24.0 Å². The predicted molar refractivity (Wildman–Crippen MR) is 64.1 cm³/mol. The maximum Gasteiger partial charge on any atom is 0.184 e. The highest BCUT2D eigenvalue weighted by Crippen LogP contribution is 2.23. The van der Waals surface area contributed by atoms with E-state index in [1.54, 1.807) is 4.68 Å². The first-order valence-electron chi connectivity index (χ1n) is 5.61. The molecule has 7 heteroatoms. The van der Waals surface area contributed by atoms with Gasteiger partial charge in [0.25, 0.3) is 0 Å². The van der Waals surface area contributed by atoms with Gasteiger partial charge in [0.05, 0.1) is 13.2 Å². The molecule has 0 saturated heterocycles. The molecule has 1 aromatic heterocycles. The molecular formula is C11H14FN5O. The van der Waals surface area contributed by atoms with E-state index in [2.05, 4.69) is 15.5 Å². The third kappa shape index (κ3) is 2.62. The van der Waals surface area contributed by atoms with Crippen molar-refractivity contribution in [2.24, 2.45) is 0 Å². The van der Waals surface area contributed by atoms with E-state index in [0.29, 0.717) is 36.8 Å². The van der Waals surface area contributed by atoms with Crippen molar-refractivity contribution in [1.82, 2.24) is 20.2 Å². The summed E-state index contributed by atoms with van der Waals surface area (Å²) in [5, 5.41) is 11.3. The largest absolute Gasteiger partial charge is 0.398 e. The first-order valence-corrected chi connectivity index (χ1v) is 5.61. The van der Waals surface area contributed by atoms with Gasteiger partial charge in [-0.15, -0.1) is 5.10 Å². The molecule has 0 aliphatic heterocycles. The van der Waals surface area contributed by atoms with Gasteiger partial charge in [0, 0.05) is 17.9 Å². The Bertz CT molecular complexity index is 528. The van der Waals surface area contributed by atoms with Crippen molar-refractivity contribution in [1.29, 1.82) is 0 Å². The van der Waals surface area contributed by atoms with E-state index in [0.717, 1.165) is 0 Å². The zero-order chi connectivity index (χ0) is 13.0. The number of nitrogen functional groups attached to an aromatic ring is 1. The Labute approximate surface area is 104 Å². The molecule has 0 fully saturated rings. The lowest BCUT2D eigenvalue weighted by molar-refractivity contribution is 0.136. The molecule has 2 aromatic rings. The lowest BCUT2D eigenvalue weighted by Crippen LogP contribution is -2.09. The Morgan fingerprint density at radius 2 is 2.28 bits per heavy atom. The first-order chi connectivity index (χ1) is 8.72. The summed E-state index contributed by atoms with van der Waals surface area (Å²) in [6.07, 6.45) is 0. The van der Waals surface area contributed by atoms with Crippen LogP contribution in [0.15, 0.2) is 18.2 Å². The van der Waals surface area contributed by atoms with E-state index in [1.807, 2.05) is 6.92 Å². The molecule has 1 aromatic carbocycles. The molecule has 2 N–H and O–H groups in total. The summed E-state index contributed by atoms with van der Waals surface area (Å²) < 4.78 is 20.0. The Morgan fingerprint density at radius 1 is 1.44 bits per heavy atom. The zero-order valence-corrected chi connectivity index (χ0v) is 10.0. The molecule has 6 nitrogen and oxygen atoms in total. The van der Waals surface area contributed by atoms with Crippen LogP contribution in [-0.2, 0) is 11.3 Å². The van der Waals surface area contributed by atoms with Crippen LogP contribution in [0.1, 0.15) is 6.92 Å². The molecule has 0 aliphatic carbocycles. The fraction of sp³-hybridized carbons (Fsp3) is 0.364. The van der Waals surface area contributed by atoms with Crippen LogP contribution in [0.3, 0.4) is 0 Å². The van der Waals surface area contributed by atoms with Gasteiger partial charge in [-0.3, -0.25) is 0 Å². The van der Waals surface area contributed by atoms with Crippen LogP contribution in [-0.4, -0.2) is 33.4 Å². The average molecular weight is 251 g/mol. The number of anilines is 1. The number of nitrogens with zero attached hydrogens (tertiary/aromatic N) is 4. The molecule has 0 radical (unpaired) electrons. The molecule has 0 spiro atoms. The Kier molecular flexibility index (Phi) is 3.83. The van der Waals surface area contributed by atoms with Gasteiger partial charge in [0.15, 0.2) is 5.82 Å². The van der Waals surface area contributed by atoms with Gasteiger partial charge in [-0.05, 0) is 35.5 Å². The van der Waals surface area contributed by atoms with Crippen molar-refractivity contribution in [2.75, 3.05) is 18.9 Å². The highest BCUT2D eigenvalue weighted by molar-refractivity contribution is 5.71. The SMILES string of the molecule is CCOCCn1nnnc1-c1cc(F)ccc1N. The number of halogens is 1. The normalized spacial score (nSPS) is 10.8. The van der Waals surface area contributed by atoms with Crippen LogP contribution < -0.4 is 5.73 Å². The minimum atomic E-state index is -0.376. The molecule has 96 valence electrons. The molecule has 0 saturated carbocycles. The highest BCUT2D eigenvalue weighted by atomic mass is 19.1. The van der Waals surface area contributed by atoms with Gasteiger partial charge >= 0.3 is 0 Å². The number of nitrogens with two attached hydrogens (primary N) is 1. The molecule has 0 aliphatic rings. The fourth-order valence-corrected chi connectivity index (χ4v) is 1.57. The van der Waals surface area contributed by atoms with Gasteiger partial charge in [-0.1, -0.05) is 0 Å². The zero-order valence-electron chi connectivity index (χ0n) is 10.0. The summed E-state index contributed by atoms with van der Waals surface area (Å²) in [4.78, 5) is 0. The molecule has 0 unspecified atom stereocenters. The molecule has 0 bridgehead atoms. The van der Waals surface area contributed by atoms with E-state index < -0.39 is 0 Å². The predicted octanol–water partition coefficient (Wildman–Crippen LogP) is 1.10. The molecule has 2 rings (SSSR count). The van der Waals surface area contributed by atoms with Crippen molar-refractivity contribution in [2.45, 2.75) is 13.5 Å². The van der Waals surface area contributed by atoms with Gasteiger partial charge in [-0.2, -0.15) is 0 Å². The molecule has 18 heavy (non-hydrogen) atoms. The van der Waals surface area contributed by atoms with E-state index in [-0.39, 0.29) is 5.82 Å². The van der Waals surface area contributed by atoms with Crippen molar-refractivity contribution < 1.29 is 9.13 Å². The second kappa shape index (κ2) is 5.54. The third-order valence-corrected chi connectivity index (χ3v) is 2.44. The summed E-state index contributed by atoms with van der Waals surface area (Å²) in [5.41, 5.74) is 6.71. The Morgan fingerprint density at radius 3 is 3.06 bits per heavy atom. The van der Waals surface area contributed by atoms with E-state index >= 15 is 0 Å². The Balaban J connectivity index is 2.27. The van der Waals surface area contributed by atoms with Crippen LogP contribution in [0.2, 0.25) is 0 Å². The van der Waals surface area contributed by atoms with Gasteiger partial charge in [0.2, 0.25) is 0 Å². The van der Waals surface area contributed by atoms with Crippen LogP contribution in [0.25, 0.3) is 11.4 Å². The van der Waals surface area contributed by atoms with Gasteiger partial charge < -0.3 is 10.5 Å². The Hall–Kier alpha value is -2.02. The molecule has 0 amide bonds. The van der Waals surface area contributed by atoms with Crippen LogP contribution in [0.4, 0.5) is 10.1 Å². The number of hydrogen-bond acceptors (Lipinski definition) is 5. The fourth-order valence-electron chi connectivity index (χ4n) is 1.57. The maximum atomic E-state index is 13.2. The molecular weight excluding hydrogens is 237 g/mol. The average Bonchev–Trinajstić information content (AvgIpc) is 2.81. The van der Waals surface area contributed by atoms with Crippen LogP contribution >= 0.6 is 0 Å². The standard InChI is InChI=1S/C11H14FN5O/c1-2-18-6-5-17-11(14-15-16-17)9-7-8(12)3-4-10(9)13/h3-4,7H,2,5-6,13H2,1H3. The number of tetrazole rings is 1. The minimum absolute atomic E-state index is 0.376.